The predicted molar refractivity (Wildman–Crippen MR) is 203 cm³/mol. The van der Waals surface area contributed by atoms with Crippen LogP contribution in [-0.4, -0.2) is 59.9 Å². The quantitative estimate of drug-likeness (QED) is 0.0239. The molecule has 0 aliphatic rings. The van der Waals surface area contributed by atoms with E-state index in [1.54, 1.807) is 0 Å². The van der Waals surface area contributed by atoms with E-state index in [0.717, 1.165) is 32.1 Å². The van der Waals surface area contributed by atoms with Gasteiger partial charge < -0.3 is 25.2 Å². The molecule has 11 nitrogen and oxygen atoms in total. The molecule has 0 aliphatic heterocycles. The van der Waals surface area contributed by atoms with Gasteiger partial charge in [0.05, 0.1) is 13.2 Å². The Balaban J connectivity index is 4.48. The van der Waals surface area contributed by atoms with Crippen LogP contribution in [0.5, 0.6) is 0 Å². The van der Waals surface area contributed by atoms with Crippen molar-refractivity contribution in [1.82, 2.24) is 0 Å². The van der Waals surface area contributed by atoms with Crippen molar-refractivity contribution in [2.75, 3.05) is 19.8 Å². The van der Waals surface area contributed by atoms with Gasteiger partial charge in [0.15, 0.2) is 6.10 Å². The molecule has 3 atom stereocenters. The van der Waals surface area contributed by atoms with E-state index in [2.05, 4.69) is 30.5 Å². The Morgan fingerprint density at radius 1 is 0.608 bits per heavy atom. The second-order valence-corrected chi connectivity index (χ2v) is 14.9. The van der Waals surface area contributed by atoms with Crippen molar-refractivity contribution in [2.45, 2.75) is 187 Å². The summed E-state index contributed by atoms with van der Waals surface area (Å²) in [5, 5.41) is 8.86. The van der Waals surface area contributed by atoms with E-state index < -0.39 is 51.1 Å². The van der Waals surface area contributed by atoms with Gasteiger partial charge in [-0.05, 0) is 32.1 Å². The Kier molecular flexibility index (Phi) is 33.6. The van der Waals surface area contributed by atoms with Crippen LogP contribution in [0.4, 0.5) is 0 Å². The highest BCUT2D eigenvalue weighted by molar-refractivity contribution is 7.47. The first kappa shape index (κ1) is 49.0. The average Bonchev–Trinajstić information content (AvgIpc) is 3.10. The molecule has 4 N–H and O–H groups in total. The first-order valence-corrected chi connectivity index (χ1v) is 21.4. The van der Waals surface area contributed by atoms with Crippen LogP contribution >= 0.6 is 7.82 Å². The molecule has 0 saturated heterocycles. The minimum absolute atomic E-state index is 0.0578. The van der Waals surface area contributed by atoms with Gasteiger partial charge in [-0.25, -0.2) is 4.57 Å². The zero-order valence-corrected chi connectivity index (χ0v) is 32.8. The molecule has 0 rings (SSSR count). The van der Waals surface area contributed by atoms with Crippen LogP contribution < -0.4 is 5.73 Å². The molecule has 0 radical (unpaired) electrons. The maximum Gasteiger partial charge on any atom is 0.472 e. The molecule has 51 heavy (non-hydrogen) atoms. The summed E-state index contributed by atoms with van der Waals surface area (Å²) in [7, 11) is -4.72. The first-order chi connectivity index (χ1) is 24.6. The Morgan fingerprint density at radius 3 is 1.61 bits per heavy atom. The van der Waals surface area contributed by atoms with Crippen LogP contribution in [0.2, 0.25) is 0 Å². The van der Waals surface area contributed by atoms with Gasteiger partial charge in [0, 0.05) is 12.8 Å². The monoisotopic (exact) mass is 745 g/mol. The summed E-state index contributed by atoms with van der Waals surface area (Å²) in [6, 6.07) is -1.53. The minimum atomic E-state index is -4.72. The van der Waals surface area contributed by atoms with Crippen LogP contribution in [-0.2, 0) is 37.5 Å². The molecule has 0 heterocycles. The van der Waals surface area contributed by atoms with Crippen molar-refractivity contribution >= 4 is 25.7 Å². The lowest BCUT2D eigenvalue weighted by Gasteiger charge is -2.20. The van der Waals surface area contributed by atoms with Gasteiger partial charge in [0.1, 0.15) is 12.6 Å². The molecule has 0 fully saturated rings. The lowest BCUT2D eigenvalue weighted by molar-refractivity contribution is -0.161. The number of nitrogens with two attached hydrogens (primary N) is 1. The van der Waals surface area contributed by atoms with Crippen molar-refractivity contribution in [1.29, 1.82) is 0 Å². The number of phosphoric ester groups is 1. The number of unbranched alkanes of at least 4 members (excludes halogenated alkanes) is 19. The van der Waals surface area contributed by atoms with Gasteiger partial charge >= 0.3 is 25.7 Å². The number of hydrogen-bond donors (Lipinski definition) is 3. The molecule has 0 aliphatic carbocycles. The second-order valence-electron chi connectivity index (χ2n) is 13.4. The van der Waals surface area contributed by atoms with Crippen molar-refractivity contribution in [3.05, 3.63) is 24.3 Å². The number of ether oxygens (including phenoxy) is 2. The maximum atomic E-state index is 12.5. The maximum absolute atomic E-state index is 12.5. The van der Waals surface area contributed by atoms with E-state index in [9.17, 15) is 23.8 Å². The fourth-order valence-electron chi connectivity index (χ4n) is 5.29. The molecule has 0 aromatic rings. The number of carboxylic acid groups (broad SMARTS) is 1. The van der Waals surface area contributed by atoms with Crippen molar-refractivity contribution < 1.29 is 47.5 Å². The van der Waals surface area contributed by atoms with Gasteiger partial charge in [-0.15, -0.1) is 0 Å². The van der Waals surface area contributed by atoms with Crippen molar-refractivity contribution in [2.24, 2.45) is 5.73 Å². The lowest BCUT2D eigenvalue weighted by atomic mass is 10.0. The van der Waals surface area contributed by atoms with Crippen molar-refractivity contribution in [3.8, 4) is 0 Å². The predicted octanol–water partition coefficient (Wildman–Crippen LogP) is 9.89. The third kappa shape index (κ3) is 34.8. The van der Waals surface area contributed by atoms with Gasteiger partial charge in [0.2, 0.25) is 0 Å². The SMILES string of the molecule is CCCCCCCC/C=C/C/C=C/CCC(=O)OC(COC(=O)CCCCCCCCCCCCCCCC)COP(=O)(O)OC[C@H](N)C(=O)O. The summed E-state index contributed by atoms with van der Waals surface area (Å²) in [4.78, 5) is 45.7. The van der Waals surface area contributed by atoms with Crippen LogP contribution in [0, 0.1) is 0 Å². The minimum Gasteiger partial charge on any atom is -0.480 e. The molecule has 0 bridgehead atoms. The van der Waals surface area contributed by atoms with Crippen molar-refractivity contribution in [3.63, 3.8) is 0 Å². The highest BCUT2D eigenvalue weighted by Crippen LogP contribution is 2.43. The van der Waals surface area contributed by atoms with Gasteiger partial charge in [0.25, 0.3) is 0 Å². The number of allylic oxidation sites excluding steroid dienone is 4. The summed E-state index contributed by atoms with van der Waals surface area (Å²) in [5.41, 5.74) is 5.31. The Bertz CT molecular complexity index is 974. The summed E-state index contributed by atoms with van der Waals surface area (Å²) in [5.74, 6) is -2.46. The van der Waals surface area contributed by atoms with Crippen LogP contribution in [0.3, 0.4) is 0 Å². The van der Waals surface area contributed by atoms with E-state index in [0.29, 0.717) is 12.8 Å². The Morgan fingerprint density at radius 2 is 1.08 bits per heavy atom. The number of carboxylic acids is 1. The molecular weight excluding hydrogens is 673 g/mol. The van der Waals surface area contributed by atoms with E-state index in [1.165, 1.54) is 103 Å². The number of esters is 2. The summed E-state index contributed by atoms with van der Waals surface area (Å²) in [6.45, 7) is 2.73. The topological polar surface area (TPSA) is 172 Å². The fourth-order valence-corrected chi connectivity index (χ4v) is 6.07. The smallest absolute Gasteiger partial charge is 0.472 e. The first-order valence-electron chi connectivity index (χ1n) is 19.9. The van der Waals surface area contributed by atoms with Crippen LogP contribution in [0.15, 0.2) is 24.3 Å². The molecule has 0 amide bonds. The molecule has 298 valence electrons. The number of hydrogen-bond acceptors (Lipinski definition) is 9. The lowest BCUT2D eigenvalue weighted by Crippen LogP contribution is -2.34. The third-order valence-corrected chi connectivity index (χ3v) is 9.42. The molecule has 0 aromatic carbocycles. The van der Waals surface area contributed by atoms with Gasteiger partial charge in [-0.1, -0.05) is 154 Å². The Hall–Kier alpha value is -2.04. The number of phosphoric acid groups is 1. The second kappa shape index (κ2) is 35.0. The van der Waals surface area contributed by atoms with E-state index in [4.69, 9.17) is 24.8 Å². The van der Waals surface area contributed by atoms with E-state index >= 15 is 0 Å². The molecule has 12 heteroatoms. The zero-order valence-electron chi connectivity index (χ0n) is 31.9. The molecule has 0 aromatic heterocycles. The largest absolute Gasteiger partial charge is 0.480 e. The van der Waals surface area contributed by atoms with E-state index in [-0.39, 0.29) is 19.4 Å². The fraction of sp³-hybridized carbons (Fsp3) is 0.821. The third-order valence-electron chi connectivity index (χ3n) is 8.47. The number of carbonyl (C=O) groups is 3. The molecule has 0 spiro atoms. The van der Waals surface area contributed by atoms with Crippen LogP contribution in [0.25, 0.3) is 0 Å². The van der Waals surface area contributed by atoms with Crippen LogP contribution in [0.1, 0.15) is 174 Å². The molecular formula is C39H72NO10P. The average molecular weight is 746 g/mol. The summed E-state index contributed by atoms with van der Waals surface area (Å²) < 4.78 is 32.5. The number of aliphatic carboxylic acids is 1. The zero-order chi connectivity index (χ0) is 37.8. The Labute approximate surface area is 309 Å². The highest BCUT2D eigenvalue weighted by atomic mass is 31.2. The van der Waals surface area contributed by atoms with E-state index in [1.807, 2.05) is 12.2 Å². The highest BCUT2D eigenvalue weighted by Gasteiger charge is 2.28. The molecule has 0 saturated carbocycles. The normalized spacial score (nSPS) is 14.1. The number of rotatable bonds is 37. The summed E-state index contributed by atoms with van der Waals surface area (Å²) >= 11 is 0. The van der Waals surface area contributed by atoms with Gasteiger partial charge in [-0.3, -0.25) is 23.4 Å². The van der Waals surface area contributed by atoms with Gasteiger partial charge in [-0.2, -0.15) is 0 Å². The molecule has 2 unspecified atom stereocenters. The standard InChI is InChI=1S/C39H72NO10P/c1-3-5-7-9-11-13-15-17-19-20-22-24-26-28-30-37(41)47-32-35(33-48-51(45,46)49-34-36(40)39(43)44)50-38(42)31-29-27-25-23-21-18-16-14-12-10-8-6-4-2/h18,21,25,27,35-36H,3-17,19-20,22-24,26,28-34,40H2,1-2H3,(H,43,44)(H,45,46)/b21-18+,27-25+/t35?,36-/m0/s1. The number of carbonyl (C=O) groups excluding carboxylic acids is 2. The summed E-state index contributed by atoms with van der Waals surface area (Å²) in [6.07, 6.45) is 34.1.